The Bertz CT molecular complexity index is 873. The monoisotopic (exact) mass is 435 g/mol. The maximum absolute atomic E-state index is 13.7. The summed E-state index contributed by atoms with van der Waals surface area (Å²) in [5.74, 6) is -1.16. The van der Waals surface area contributed by atoms with Gasteiger partial charge in [0.15, 0.2) is 5.17 Å². The predicted molar refractivity (Wildman–Crippen MR) is 105 cm³/mol. The second-order valence-corrected chi connectivity index (χ2v) is 7.69. The molecule has 1 aliphatic rings. The summed E-state index contributed by atoms with van der Waals surface area (Å²) in [5, 5.41) is 2.29. The van der Waals surface area contributed by atoms with Crippen LogP contribution in [0.2, 0.25) is 0 Å². The molecule has 1 saturated heterocycles. The molecule has 0 spiro atoms. The van der Waals surface area contributed by atoms with E-state index in [0.717, 1.165) is 4.47 Å². The van der Waals surface area contributed by atoms with Gasteiger partial charge in [-0.1, -0.05) is 39.8 Å². The molecule has 0 radical (unpaired) electrons. The van der Waals surface area contributed by atoms with Crippen LogP contribution in [0, 0.1) is 5.82 Å². The number of nitrogens with zero attached hydrogens (tertiary/aromatic N) is 2. The largest absolute Gasteiger partial charge is 0.323 e. The van der Waals surface area contributed by atoms with E-state index >= 15 is 0 Å². The van der Waals surface area contributed by atoms with Crippen molar-refractivity contribution in [2.45, 2.75) is 11.7 Å². The maximum Gasteiger partial charge on any atom is 0.238 e. The Hall–Kier alpha value is -2.19. The third-order valence-corrected chi connectivity index (χ3v) is 5.51. The van der Waals surface area contributed by atoms with Crippen LogP contribution in [0.15, 0.2) is 58.0 Å². The first-order valence-electron chi connectivity index (χ1n) is 7.77. The first kappa shape index (κ1) is 18.6. The van der Waals surface area contributed by atoms with Crippen LogP contribution in [0.1, 0.15) is 6.42 Å². The van der Waals surface area contributed by atoms with Crippen LogP contribution in [0.5, 0.6) is 0 Å². The molecule has 2 aromatic rings. The van der Waals surface area contributed by atoms with Gasteiger partial charge in [-0.05, 0) is 36.4 Å². The predicted octanol–water partition coefficient (Wildman–Crippen LogP) is 4.18. The van der Waals surface area contributed by atoms with Crippen LogP contribution < -0.4 is 5.32 Å². The van der Waals surface area contributed by atoms with Crippen LogP contribution in [0.3, 0.4) is 0 Å². The van der Waals surface area contributed by atoms with E-state index in [1.807, 2.05) is 12.1 Å². The minimum atomic E-state index is -0.674. The number of hydrogen-bond acceptors (Lipinski definition) is 4. The van der Waals surface area contributed by atoms with Gasteiger partial charge in [-0.3, -0.25) is 14.5 Å². The zero-order valence-electron chi connectivity index (χ0n) is 13.8. The molecule has 1 N–H and O–H groups in total. The minimum absolute atomic E-state index is 0.0286. The smallest absolute Gasteiger partial charge is 0.238 e. The number of carbonyl (C=O) groups is 2. The number of anilines is 1. The summed E-state index contributed by atoms with van der Waals surface area (Å²) in [6, 6.07) is 13.2. The second-order valence-electron chi connectivity index (χ2n) is 5.60. The van der Waals surface area contributed by atoms with Crippen molar-refractivity contribution in [3.63, 3.8) is 0 Å². The van der Waals surface area contributed by atoms with Gasteiger partial charge in [-0.25, -0.2) is 9.38 Å². The molecule has 0 unspecified atom stereocenters. The Labute approximate surface area is 162 Å². The average molecular weight is 436 g/mol. The van der Waals surface area contributed by atoms with Gasteiger partial charge in [0.1, 0.15) is 11.1 Å². The fraction of sp³-hybridized carbons (Fsp3) is 0.167. The Morgan fingerprint density at radius 1 is 1.27 bits per heavy atom. The number of nitrogens with one attached hydrogen (secondary N) is 1. The van der Waals surface area contributed by atoms with E-state index in [-0.39, 0.29) is 18.0 Å². The zero-order chi connectivity index (χ0) is 18.7. The number of thioether (sulfide) groups is 1. The SMILES string of the molecule is CN1C(=O)C[C@@H](C(=O)Nc2ccccc2F)SC1=Nc1ccc(Br)cc1. The number of aliphatic imine (C=N–C) groups is 1. The summed E-state index contributed by atoms with van der Waals surface area (Å²) in [6.45, 7) is 0. The highest BCUT2D eigenvalue weighted by Crippen LogP contribution is 2.29. The van der Waals surface area contributed by atoms with E-state index in [2.05, 4.69) is 26.2 Å². The topological polar surface area (TPSA) is 61.8 Å². The van der Waals surface area contributed by atoms with Gasteiger partial charge in [0.2, 0.25) is 11.8 Å². The van der Waals surface area contributed by atoms with Gasteiger partial charge in [0.05, 0.1) is 11.4 Å². The van der Waals surface area contributed by atoms with Crippen LogP contribution in [0.25, 0.3) is 0 Å². The van der Waals surface area contributed by atoms with Crippen LogP contribution in [-0.2, 0) is 9.59 Å². The van der Waals surface area contributed by atoms with Crippen LogP contribution >= 0.6 is 27.7 Å². The lowest BCUT2D eigenvalue weighted by Gasteiger charge is -2.28. The van der Waals surface area contributed by atoms with E-state index in [1.165, 1.54) is 28.8 Å². The Kier molecular flexibility index (Phi) is 5.73. The van der Waals surface area contributed by atoms with E-state index in [1.54, 1.807) is 31.3 Å². The number of amides is 2. The average Bonchev–Trinajstić information content (AvgIpc) is 2.62. The van der Waals surface area contributed by atoms with Gasteiger partial charge in [0.25, 0.3) is 0 Å². The van der Waals surface area contributed by atoms with Gasteiger partial charge >= 0.3 is 0 Å². The summed E-state index contributed by atoms with van der Waals surface area (Å²) in [5.41, 5.74) is 0.765. The van der Waals surface area contributed by atoms with E-state index < -0.39 is 17.0 Å². The standard InChI is InChI=1S/C18H15BrFN3O2S/c1-23-16(24)10-15(17(25)22-14-5-3-2-4-13(14)20)26-18(23)21-12-8-6-11(19)7-9-12/h2-9,15H,10H2,1H3,(H,22,25)/t15-/m0/s1. The molecule has 8 heteroatoms. The molecule has 1 fully saturated rings. The van der Waals surface area contributed by atoms with Crippen molar-refractivity contribution in [3.05, 3.63) is 58.8 Å². The van der Waals surface area contributed by atoms with Gasteiger partial charge in [-0.2, -0.15) is 0 Å². The quantitative estimate of drug-likeness (QED) is 0.786. The molecule has 26 heavy (non-hydrogen) atoms. The first-order chi connectivity index (χ1) is 12.4. The summed E-state index contributed by atoms with van der Waals surface area (Å²) in [4.78, 5) is 30.6. The number of amidine groups is 1. The Morgan fingerprint density at radius 2 is 1.96 bits per heavy atom. The summed E-state index contributed by atoms with van der Waals surface area (Å²) in [6.07, 6.45) is 0.0286. The number of halogens is 2. The van der Waals surface area contributed by atoms with Crippen molar-refractivity contribution in [2.24, 2.45) is 4.99 Å². The molecule has 1 aliphatic heterocycles. The number of hydrogen-bond donors (Lipinski definition) is 1. The van der Waals surface area contributed by atoms with E-state index in [0.29, 0.717) is 10.9 Å². The van der Waals surface area contributed by atoms with Crippen LogP contribution in [-0.4, -0.2) is 34.2 Å². The van der Waals surface area contributed by atoms with Crippen molar-refractivity contribution < 1.29 is 14.0 Å². The number of rotatable bonds is 3. The molecule has 134 valence electrons. The van der Waals surface area contributed by atoms with E-state index in [9.17, 15) is 14.0 Å². The third-order valence-electron chi connectivity index (χ3n) is 3.74. The van der Waals surface area contributed by atoms with Crippen molar-refractivity contribution in [1.82, 2.24) is 4.90 Å². The maximum atomic E-state index is 13.7. The van der Waals surface area contributed by atoms with E-state index in [4.69, 9.17) is 0 Å². The first-order valence-corrected chi connectivity index (χ1v) is 9.44. The number of benzene rings is 2. The van der Waals surface area contributed by atoms with Gasteiger partial charge in [0, 0.05) is 17.9 Å². The third kappa shape index (κ3) is 4.31. The van der Waals surface area contributed by atoms with Gasteiger partial charge in [-0.15, -0.1) is 0 Å². The molecule has 3 rings (SSSR count). The zero-order valence-corrected chi connectivity index (χ0v) is 16.2. The highest BCUT2D eigenvalue weighted by molar-refractivity contribution is 9.10. The molecule has 0 aliphatic carbocycles. The molecular formula is C18H15BrFN3O2S. The molecule has 2 aromatic carbocycles. The normalized spacial score (nSPS) is 18.9. The molecule has 1 atom stereocenters. The molecular weight excluding hydrogens is 421 g/mol. The summed E-state index contributed by atoms with van der Waals surface area (Å²) >= 11 is 4.54. The summed E-state index contributed by atoms with van der Waals surface area (Å²) < 4.78 is 14.6. The number of para-hydroxylation sites is 1. The Balaban J connectivity index is 1.79. The highest BCUT2D eigenvalue weighted by atomic mass is 79.9. The van der Waals surface area contributed by atoms with Gasteiger partial charge < -0.3 is 5.32 Å². The molecule has 0 aromatic heterocycles. The fourth-order valence-corrected chi connectivity index (χ4v) is 3.63. The number of carbonyl (C=O) groups excluding carboxylic acids is 2. The molecule has 2 amide bonds. The summed E-state index contributed by atoms with van der Waals surface area (Å²) in [7, 11) is 1.62. The second kappa shape index (κ2) is 8.01. The lowest BCUT2D eigenvalue weighted by atomic mass is 10.2. The fourth-order valence-electron chi connectivity index (χ4n) is 2.30. The molecule has 0 bridgehead atoms. The lowest BCUT2D eigenvalue weighted by Crippen LogP contribution is -2.43. The van der Waals surface area contributed by atoms with Crippen molar-refractivity contribution >= 4 is 56.0 Å². The van der Waals surface area contributed by atoms with Crippen molar-refractivity contribution in [3.8, 4) is 0 Å². The minimum Gasteiger partial charge on any atom is -0.323 e. The van der Waals surface area contributed by atoms with Crippen molar-refractivity contribution in [1.29, 1.82) is 0 Å². The van der Waals surface area contributed by atoms with Crippen LogP contribution in [0.4, 0.5) is 15.8 Å². The Morgan fingerprint density at radius 3 is 2.65 bits per heavy atom. The molecule has 5 nitrogen and oxygen atoms in total. The van der Waals surface area contributed by atoms with Crippen molar-refractivity contribution in [2.75, 3.05) is 12.4 Å². The molecule has 1 heterocycles. The molecule has 0 saturated carbocycles. The lowest BCUT2D eigenvalue weighted by molar-refractivity contribution is -0.128. The highest BCUT2D eigenvalue weighted by Gasteiger charge is 2.34.